The van der Waals surface area contributed by atoms with Crippen LogP contribution in [-0.4, -0.2) is 29.8 Å². The van der Waals surface area contributed by atoms with E-state index in [0.717, 1.165) is 6.07 Å². The molecular formula is C22H21Cl2F3N4O. The maximum atomic E-state index is 13.5. The minimum atomic E-state index is -4.61. The van der Waals surface area contributed by atoms with Crippen molar-refractivity contribution in [2.45, 2.75) is 26.4 Å². The Hall–Kier alpha value is -2.71. The normalized spacial score (nSPS) is 11.5. The van der Waals surface area contributed by atoms with E-state index in [-0.39, 0.29) is 12.1 Å². The second kappa shape index (κ2) is 9.03. The van der Waals surface area contributed by atoms with E-state index in [2.05, 4.69) is 10.4 Å². The van der Waals surface area contributed by atoms with Crippen LogP contribution >= 0.6 is 23.2 Å². The molecule has 1 N–H and O–H groups in total. The number of hydrogen-bond donors (Lipinski definition) is 1. The molecule has 10 heteroatoms. The molecule has 3 rings (SSSR count). The fraction of sp³-hybridized carbons (Fsp3) is 0.273. The van der Waals surface area contributed by atoms with Gasteiger partial charge < -0.3 is 10.2 Å². The minimum Gasteiger partial charge on any atom is -0.378 e. The van der Waals surface area contributed by atoms with E-state index < -0.39 is 17.6 Å². The highest BCUT2D eigenvalue weighted by Gasteiger charge is 2.34. The third-order valence-electron chi connectivity index (χ3n) is 5.03. The molecular weight excluding hydrogens is 464 g/mol. The summed E-state index contributed by atoms with van der Waals surface area (Å²) in [7, 11) is 3.29. The minimum absolute atomic E-state index is 0.133. The molecule has 170 valence electrons. The van der Waals surface area contributed by atoms with Gasteiger partial charge in [0.25, 0.3) is 0 Å². The molecule has 0 radical (unpaired) electrons. The number of alkyl halides is 3. The molecule has 0 fully saturated rings. The van der Waals surface area contributed by atoms with Crippen LogP contribution in [-0.2, 0) is 17.4 Å². The highest BCUT2D eigenvalue weighted by atomic mass is 35.5. The zero-order valence-corrected chi connectivity index (χ0v) is 19.3. The average molecular weight is 485 g/mol. The van der Waals surface area contributed by atoms with Gasteiger partial charge in [0.15, 0.2) is 0 Å². The van der Waals surface area contributed by atoms with Crippen LogP contribution in [0.1, 0.15) is 22.5 Å². The molecule has 0 unspecified atom stereocenters. The summed E-state index contributed by atoms with van der Waals surface area (Å²) in [5.41, 5.74) is 1.72. The van der Waals surface area contributed by atoms with Crippen LogP contribution in [0.3, 0.4) is 0 Å². The fourth-order valence-corrected chi connectivity index (χ4v) is 3.60. The Morgan fingerprint density at radius 1 is 1.09 bits per heavy atom. The number of carbonyl (C=O) groups excluding carboxylic acids is 1. The van der Waals surface area contributed by atoms with Crippen LogP contribution in [0, 0.1) is 13.8 Å². The molecule has 0 saturated heterocycles. The Morgan fingerprint density at radius 3 is 2.38 bits per heavy atom. The van der Waals surface area contributed by atoms with Gasteiger partial charge in [-0.05, 0) is 50.2 Å². The van der Waals surface area contributed by atoms with E-state index in [9.17, 15) is 18.0 Å². The third-order valence-corrected chi connectivity index (χ3v) is 5.76. The summed E-state index contributed by atoms with van der Waals surface area (Å²) in [5, 5.41) is 7.61. The van der Waals surface area contributed by atoms with E-state index in [1.807, 2.05) is 0 Å². The van der Waals surface area contributed by atoms with Gasteiger partial charge in [0, 0.05) is 31.0 Å². The third kappa shape index (κ3) is 5.02. The number of aryl methyl sites for hydroxylation is 1. The van der Waals surface area contributed by atoms with E-state index in [0.29, 0.717) is 38.4 Å². The maximum Gasteiger partial charge on any atom is 0.418 e. The quantitative estimate of drug-likeness (QED) is 0.478. The first-order chi connectivity index (χ1) is 14.9. The number of nitrogens with one attached hydrogen (secondary N) is 1. The Morgan fingerprint density at radius 2 is 1.78 bits per heavy atom. The van der Waals surface area contributed by atoms with Crippen molar-refractivity contribution in [2.75, 3.05) is 24.3 Å². The molecule has 0 aliphatic rings. The van der Waals surface area contributed by atoms with Crippen molar-refractivity contribution >= 4 is 40.5 Å². The number of hydrogen-bond acceptors (Lipinski definition) is 3. The SMILES string of the molecule is Cc1nn(-c2ccc(Cl)c(Cl)c2)c(C)c1CC(=O)Nc1ccc(N(C)C)cc1C(F)(F)F. The van der Waals surface area contributed by atoms with E-state index in [4.69, 9.17) is 23.2 Å². The highest BCUT2D eigenvalue weighted by molar-refractivity contribution is 6.42. The number of rotatable bonds is 5. The molecule has 1 heterocycles. The molecule has 0 bridgehead atoms. The molecule has 0 spiro atoms. The molecule has 1 aromatic heterocycles. The number of halogens is 5. The van der Waals surface area contributed by atoms with Crippen LogP contribution in [0.4, 0.5) is 24.5 Å². The van der Waals surface area contributed by atoms with Gasteiger partial charge in [-0.25, -0.2) is 4.68 Å². The van der Waals surface area contributed by atoms with Gasteiger partial charge in [-0.2, -0.15) is 18.3 Å². The summed E-state index contributed by atoms with van der Waals surface area (Å²) in [6, 6.07) is 8.81. The van der Waals surface area contributed by atoms with Crippen LogP contribution in [0.2, 0.25) is 10.0 Å². The molecule has 32 heavy (non-hydrogen) atoms. The average Bonchev–Trinajstić information content (AvgIpc) is 2.97. The van der Waals surface area contributed by atoms with E-state index in [1.54, 1.807) is 55.7 Å². The van der Waals surface area contributed by atoms with Crippen molar-refractivity contribution in [2.24, 2.45) is 0 Å². The number of benzene rings is 2. The van der Waals surface area contributed by atoms with Crippen LogP contribution < -0.4 is 10.2 Å². The Balaban J connectivity index is 1.87. The van der Waals surface area contributed by atoms with Gasteiger partial charge >= 0.3 is 6.18 Å². The zero-order chi connectivity index (χ0) is 23.8. The largest absolute Gasteiger partial charge is 0.418 e. The van der Waals surface area contributed by atoms with Gasteiger partial charge in [0.05, 0.1) is 39.1 Å². The summed E-state index contributed by atoms with van der Waals surface area (Å²) in [4.78, 5) is 14.2. The van der Waals surface area contributed by atoms with Crippen LogP contribution in [0.25, 0.3) is 5.69 Å². The van der Waals surface area contributed by atoms with Crippen molar-refractivity contribution in [3.8, 4) is 5.69 Å². The Kier molecular flexibility index (Phi) is 6.76. The van der Waals surface area contributed by atoms with Gasteiger partial charge in [0.2, 0.25) is 5.91 Å². The van der Waals surface area contributed by atoms with Gasteiger partial charge in [-0.3, -0.25) is 4.79 Å². The first-order valence-electron chi connectivity index (χ1n) is 9.57. The number of nitrogens with zero attached hydrogens (tertiary/aromatic N) is 3. The smallest absolute Gasteiger partial charge is 0.378 e. The van der Waals surface area contributed by atoms with Crippen molar-refractivity contribution in [3.05, 3.63) is 69.0 Å². The van der Waals surface area contributed by atoms with Crippen molar-refractivity contribution < 1.29 is 18.0 Å². The zero-order valence-electron chi connectivity index (χ0n) is 17.8. The fourth-order valence-electron chi connectivity index (χ4n) is 3.31. The topological polar surface area (TPSA) is 50.2 Å². The van der Waals surface area contributed by atoms with E-state index >= 15 is 0 Å². The maximum absolute atomic E-state index is 13.5. The summed E-state index contributed by atoms with van der Waals surface area (Å²) in [6.07, 6.45) is -4.75. The summed E-state index contributed by atoms with van der Waals surface area (Å²) in [6.45, 7) is 3.51. The second-order valence-electron chi connectivity index (χ2n) is 7.51. The predicted molar refractivity (Wildman–Crippen MR) is 121 cm³/mol. The van der Waals surface area contributed by atoms with Gasteiger partial charge in [-0.15, -0.1) is 0 Å². The summed E-state index contributed by atoms with van der Waals surface area (Å²) < 4.78 is 42.3. The van der Waals surface area contributed by atoms with Gasteiger partial charge in [-0.1, -0.05) is 23.2 Å². The first-order valence-corrected chi connectivity index (χ1v) is 10.3. The number of anilines is 2. The number of aromatic nitrogens is 2. The molecule has 0 aliphatic heterocycles. The lowest BCUT2D eigenvalue weighted by atomic mass is 10.1. The highest BCUT2D eigenvalue weighted by Crippen LogP contribution is 2.37. The second-order valence-corrected chi connectivity index (χ2v) is 8.32. The molecule has 5 nitrogen and oxygen atoms in total. The first kappa shape index (κ1) is 23.9. The van der Waals surface area contributed by atoms with Crippen molar-refractivity contribution in [1.82, 2.24) is 9.78 Å². The molecule has 2 aromatic carbocycles. The Labute approximate surface area is 193 Å². The summed E-state index contributed by atoms with van der Waals surface area (Å²) >= 11 is 12.1. The number of carbonyl (C=O) groups is 1. The lowest BCUT2D eigenvalue weighted by Gasteiger charge is -2.18. The number of amides is 1. The van der Waals surface area contributed by atoms with Crippen LogP contribution in [0.15, 0.2) is 36.4 Å². The monoisotopic (exact) mass is 484 g/mol. The van der Waals surface area contributed by atoms with Crippen molar-refractivity contribution in [3.63, 3.8) is 0 Å². The van der Waals surface area contributed by atoms with Crippen molar-refractivity contribution in [1.29, 1.82) is 0 Å². The predicted octanol–water partition coefficient (Wildman–Crippen LogP) is 6.06. The molecule has 1 amide bonds. The Bertz CT molecular complexity index is 1170. The molecule has 0 aliphatic carbocycles. The van der Waals surface area contributed by atoms with Gasteiger partial charge in [0.1, 0.15) is 0 Å². The molecule has 0 saturated carbocycles. The standard InChI is InChI=1S/C22H21Cl2F3N4O/c1-12-16(13(2)31(29-12)15-5-7-18(23)19(24)10-15)11-21(32)28-20-8-6-14(30(3)4)9-17(20)22(25,26)27/h5-10H,11H2,1-4H3,(H,28,32). The lowest BCUT2D eigenvalue weighted by molar-refractivity contribution is -0.136. The summed E-state index contributed by atoms with van der Waals surface area (Å²) in [5.74, 6) is -0.576. The lowest BCUT2D eigenvalue weighted by Crippen LogP contribution is -2.20. The van der Waals surface area contributed by atoms with Crippen LogP contribution in [0.5, 0.6) is 0 Å². The van der Waals surface area contributed by atoms with E-state index in [1.165, 1.54) is 12.1 Å². The molecule has 3 aromatic rings. The molecule has 0 atom stereocenters.